The predicted molar refractivity (Wildman–Crippen MR) is 64.1 cm³/mol. The van der Waals surface area contributed by atoms with Crippen molar-refractivity contribution in [3.63, 3.8) is 0 Å². The molecule has 0 bridgehead atoms. The van der Waals surface area contributed by atoms with Gasteiger partial charge in [0.1, 0.15) is 0 Å². The van der Waals surface area contributed by atoms with E-state index in [-0.39, 0.29) is 6.04 Å². The smallest absolute Gasteiger partial charge is 0.239 e. The SMILES string of the molecule is CC1CN(C(=O)C2CCCCN2)CCS1. The molecule has 2 fully saturated rings. The maximum Gasteiger partial charge on any atom is 0.239 e. The highest BCUT2D eigenvalue weighted by atomic mass is 32.2. The zero-order valence-electron chi connectivity index (χ0n) is 9.37. The predicted octanol–water partition coefficient (Wildman–Crippen LogP) is 1.09. The molecule has 2 saturated heterocycles. The molecule has 2 heterocycles. The van der Waals surface area contributed by atoms with Gasteiger partial charge < -0.3 is 10.2 Å². The lowest BCUT2D eigenvalue weighted by Crippen LogP contribution is -2.51. The molecule has 0 spiro atoms. The van der Waals surface area contributed by atoms with Gasteiger partial charge in [0, 0.05) is 24.1 Å². The Hall–Kier alpha value is -0.220. The third kappa shape index (κ3) is 2.88. The molecule has 86 valence electrons. The van der Waals surface area contributed by atoms with Crippen LogP contribution in [0.25, 0.3) is 0 Å². The van der Waals surface area contributed by atoms with E-state index in [2.05, 4.69) is 12.2 Å². The van der Waals surface area contributed by atoms with E-state index in [9.17, 15) is 4.79 Å². The average molecular weight is 228 g/mol. The lowest BCUT2D eigenvalue weighted by Gasteiger charge is -2.34. The molecule has 2 unspecified atom stereocenters. The van der Waals surface area contributed by atoms with E-state index in [1.54, 1.807) is 0 Å². The molecule has 15 heavy (non-hydrogen) atoms. The van der Waals surface area contributed by atoms with E-state index in [0.717, 1.165) is 31.8 Å². The Morgan fingerprint density at radius 2 is 2.33 bits per heavy atom. The largest absolute Gasteiger partial charge is 0.339 e. The van der Waals surface area contributed by atoms with Crippen LogP contribution in [-0.2, 0) is 4.79 Å². The van der Waals surface area contributed by atoms with Gasteiger partial charge in [-0.2, -0.15) is 11.8 Å². The Kier molecular flexibility index (Phi) is 3.92. The Balaban J connectivity index is 1.88. The molecule has 0 aromatic rings. The summed E-state index contributed by atoms with van der Waals surface area (Å²) in [6, 6.07) is 0.106. The summed E-state index contributed by atoms with van der Waals surface area (Å²) in [5, 5.41) is 3.94. The molecule has 0 aromatic heterocycles. The van der Waals surface area contributed by atoms with Crippen LogP contribution in [0.4, 0.5) is 0 Å². The number of nitrogens with zero attached hydrogens (tertiary/aromatic N) is 1. The summed E-state index contributed by atoms with van der Waals surface area (Å²) in [6.07, 6.45) is 3.44. The lowest BCUT2D eigenvalue weighted by molar-refractivity contribution is -0.133. The van der Waals surface area contributed by atoms with Gasteiger partial charge in [-0.3, -0.25) is 4.79 Å². The van der Waals surface area contributed by atoms with Crippen molar-refractivity contribution in [2.45, 2.75) is 37.5 Å². The first-order valence-electron chi connectivity index (χ1n) is 5.91. The number of hydrogen-bond donors (Lipinski definition) is 1. The monoisotopic (exact) mass is 228 g/mol. The van der Waals surface area contributed by atoms with Crippen molar-refractivity contribution in [2.75, 3.05) is 25.4 Å². The molecular formula is C11H20N2OS. The van der Waals surface area contributed by atoms with Crippen molar-refractivity contribution in [3.05, 3.63) is 0 Å². The number of hydrogen-bond acceptors (Lipinski definition) is 3. The Bertz CT molecular complexity index is 229. The van der Waals surface area contributed by atoms with Crippen LogP contribution < -0.4 is 5.32 Å². The molecule has 0 aromatic carbocycles. The number of carbonyl (C=O) groups excluding carboxylic acids is 1. The van der Waals surface area contributed by atoms with Crippen molar-refractivity contribution in [3.8, 4) is 0 Å². The fourth-order valence-electron chi connectivity index (χ4n) is 2.30. The molecule has 2 aliphatic heterocycles. The quantitative estimate of drug-likeness (QED) is 0.729. The van der Waals surface area contributed by atoms with Gasteiger partial charge in [0.15, 0.2) is 0 Å². The number of carbonyl (C=O) groups is 1. The topological polar surface area (TPSA) is 32.3 Å². The van der Waals surface area contributed by atoms with Gasteiger partial charge in [0.05, 0.1) is 6.04 Å². The molecule has 0 saturated carbocycles. The molecule has 2 rings (SSSR count). The number of piperidine rings is 1. The van der Waals surface area contributed by atoms with Crippen LogP contribution in [-0.4, -0.2) is 47.5 Å². The van der Waals surface area contributed by atoms with Gasteiger partial charge in [-0.1, -0.05) is 13.3 Å². The summed E-state index contributed by atoms with van der Waals surface area (Å²) in [5.74, 6) is 1.43. The summed E-state index contributed by atoms with van der Waals surface area (Å²) >= 11 is 1.97. The van der Waals surface area contributed by atoms with Crippen molar-refractivity contribution in [2.24, 2.45) is 0 Å². The summed E-state index contributed by atoms with van der Waals surface area (Å²) < 4.78 is 0. The molecular weight excluding hydrogens is 208 g/mol. The van der Waals surface area contributed by atoms with Crippen LogP contribution in [0.5, 0.6) is 0 Å². The summed E-state index contributed by atoms with van der Waals surface area (Å²) in [5.41, 5.74) is 0. The molecule has 0 radical (unpaired) electrons. The first kappa shape index (κ1) is 11.3. The fraction of sp³-hybridized carbons (Fsp3) is 0.909. The second kappa shape index (κ2) is 5.21. The molecule has 0 aliphatic carbocycles. The van der Waals surface area contributed by atoms with Crippen LogP contribution in [0.3, 0.4) is 0 Å². The van der Waals surface area contributed by atoms with E-state index in [4.69, 9.17) is 0 Å². The summed E-state index contributed by atoms with van der Waals surface area (Å²) in [6.45, 7) is 5.08. The minimum atomic E-state index is 0.106. The standard InChI is InChI=1S/C11H20N2OS/c1-9-8-13(6-7-15-9)11(14)10-4-2-3-5-12-10/h9-10,12H,2-8H2,1H3. The van der Waals surface area contributed by atoms with Crippen LogP contribution >= 0.6 is 11.8 Å². The third-order valence-corrected chi connectivity index (χ3v) is 4.30. The van der Waals surface area contributed by atoms with E-state index < -0.39 is 0 Å². The average Bonchev–Trinajstić information content (AvgIpc) is 2.29. The van der Waals surface area contributed by atoms with E-state index in [1.807, 2.05) is 16.7 Å². The normalized spacial score (nSPS) is 32.7. The minimum Gasteiger partial charge on any atom is -0.339 e. The van der Waals surface area contributed by atoms with Gasteiger partial charge in [0.2, 0.25) is 5.91 Å². The second-order valence-electron chi connectivity index (χ2n) is 4.47. The first-order valence-corrected chi connectivity index (χ1v) is 6.96. The van der Waals surface area contributed by atoms with Gasteiger partial charge >= 0.3 is 0 Å². The molecule has 3 nitrogen and oxygen atoms in total. The lowest BCUT2D eigenvalue weighted by atomic mass is 10.0. The van der Waals surface area contributed by atoms with Crippen LogP contribution in [0.15, 0.2) is 0 Å². The third-order valence-electron chi connectivity index (χ3n) is 3.16. The van der Waals surface area contributed by atoms with Crippen LogP contribution in [0.2, 0.25) is 0 Å². The molecule has 4 heteroatoms. The van der Waals surface area contributed by atoms with Crippen molar-refractivity contribution in [1.82, 2.24) is 10.2 Å². The zero-order chi connectivity index (χ0) is 10.7. The highest BCUT2D eigenvalue weighted by molar-refractivity contribution is 7.99. The van der Waals surface area contributed by atoms with E-state index in [0.29, 0.717) is 11.2 Å². The fourth-order valence-corrected chi connectivity index (χ4v) is 3.32. The second-order valence-corrected chi connectivity index (χ2v) is 6.01. The number of nitrogens with one attached hydrogen (secondary N) is 1. The highest BCUT2D eigenvalue weighted by Gasteiger charge is 2.28. The van der Waals surface area contributed by atoms with Gasteiger partial charge in [-0.05, 0) is 19.4 Å². The highest BCUT2D eigenvalue weighted by Crippen LogP contribution is 2.19. The summed E-state index contributed by atoms with van der Waals surface area (Å²) in [7, 11) is 0. The van der Waals surface area contributed by atoms with Gasteiger partial charge in [-0.25, -0.2) is 0 Å². The number of thioether (sulfide) groups is 1. The first-order chi connectivity index (χ1) is 7.27. The van der Waals surface area contributed by atoms with Crippen LogP contribution in [0.1, 0.15) is 26.2 Å². The Labute approximate surface area is 96.0 Å². The minimum absolute atomic E-state index is 0.106. The molecule has 2 atom stereocenters. The van der Waals surface area contributed by atoms with Crippen molar-refractivity contribution in [1.29, 1.82) is 0 Å². The van der Waals surface area contributed by atoms with Crippen LogP contribution in [0, 0.1) is 0 Å². The molecule has 1 N–H and O–H groups in total. The Morgan fingerprint density at radius 1 is 1.47 bits per heavy atom. The molecule has 2 aliphatic rings. The molecule has 1 amide bonds. The van der Waals surface area contributed by atoms with E-state index >= 15 is 0 Å². The van der Waals surface area contributed by atoms with E-state index in [1.165, 1.54) is 12.8 Å². The van der Waals surface area contributed by atoms with Crippen molar-refractivity contribution >= 4 is 17.7 Å². The van der Waals surface area contributed by atoms with Crippen molar-refractivity contribution < 1.29 is 4.79 Å². The maximum atomic E-state index is 12.2. The van der Waals surface area contributed by atoms with Gasteiger partial charge in [0.25, 0.3) is 0 Å². The maximum absolute atomic E-state index is 12.2. The Morgan fingerprint density at radius 3 is 3.00 bits per heavy atom. The number of rotatable bonds is 1. The number of amides is 1. The zero-order valence-corrected chi connectivity index (χ0v) is 10.2. The van der Waals surface area contributed by atoms with Gasteiger partial charge in [-0.15, -0.1) is 0 Å². The summed E-state index contributed by atoms with van der Waals surface area (Å²) in [4.78, 5) is 14.2.